The Labute approximate surface area is 213 Å². The molecule has 2 fully saturated rings. The summed E-state index contributed by atoms with van der Waals surface area (Å²) in [7, 11) is 0. The van der Waals surface area contributed by atoms with Gasteiger partial charge in [0.05, 0.1) is 18.3 Å². The number of aromatic nitrogens is 1. The lowest BCUT2D eigenvalue weighted by atomic mass is 9.96. The number of morpholine rings is 1. The largest absolute Gasteiger partial charge is 0.490 e. The highest BCUT2D eigenvalue weighted by Gasteiger charge is 2.38. The maximum Gasteiger partial charge on any atom is 0.490 e. The van der Waals surface area contributed by atoms with Gasteiger partial charge in [0.15, 0.2) is 0 Å². The molecule has 1 aromatic carbocycles. The number of halogens is 4. The second kappa shape index (κ2) is 12.4. The Morgan fingerprint density at radius 1 is 1.22 bits per heavy atom. The molecule has 0 amide bonds. The highest BCUT2D eigenvalue weighted by atomic mass is 35.5. The molecule has 0 aliphatic carbocycles. The molecule has 4 rings (SSSR count). The minimum atomic E-state index is -5.08. The number of ether oxygens (including phenoxy) is 1. The number of rotatable bonds is 4. The van der Waals surface area contributed by atoms with Crippen molar-refractivity contribution in [1.82, 2.24) is 9.88 Å². The number of carboxylic acid groups (broad SMARTS) is 1. The second-order valence-corrected chi connectivity index (χ2v) is 9.30. The highest BCUT2D eigenvalue weighted by Crippen LogP contribution is 2.27. The van der Waals surface area contributed by atoms with Crippen molar-refractivity contribution >= 4 is 23.4 Å². The lowest BCUT2D eigenvalue weighted by molar-refractivity contribution is -0.192. The van der Waals surface area contributed by atoms with Crippen LogP contribution >= 0.6 is 11.6 Å². The predicted octanol–water partition coefficient (Wildman–Crippen LogP) is 4.54. The Hall–Kier alpha value is -2.87. The molecule has 2 aliphatic rings. The molecule has 2 aromatic rings. The third-order valence-electron chi connectivity index (χ3n) is 6.27. The molecule has 36 heavy (non-hydrogen) atoms. The fourth-order valence-electron chi connectivity index (χ4n) is 4.45. The van der Waals surface area contributed by atoms with Gasteiger partial charge in [0, 0.05) is 42.9 Å². The number of carbonyl (C=O) groups is 1. The zero-order valence-electron chi connectivity index (χ0n) is 19.8. The molecule has 0 unspecified atom stereocenters. The van der Waals surface area contributed by atoms with Crippen LogP contribution in [0.15, 0.2) is 42.6 Å². The zero-order chi connectivity index (χ0) is 26.3. The maximum atomic E-state index is 10.6. The Balaban J connectivity index is 0.000000454. The summed E-state index contributed by atoms with van der Waals surface area (Å²) < 4.78 is 37.7. The van der Waals surface area contributed by atoms with E-state index in [4.69, 9.17) is 31.5 Å². The van der Waals surface area contributed by atoms with E-state index in [2.05, 4.69) is 39.9 Å². The summed E-state index contributed by atoms with van der Waals surface area (Å²) in [5, 5.41) is 16.9. The van der Waals surface area contributed by atoms with E-state index >= 15 is 0 Å². The first-order valence-electron chi connectivity index (χ1n) is 11.6. The van der Waals surface area contributed by atoms with Gasteiger partial charge >= 0.3 is 12.1 Å². The van der Waals surface area contributed by atoms with Crippen molar-refractivity contribution in [3.8, 4) is 6.07 Å². The topological polar surface area (TPSA) is 89.7 Å². The third kappa shape index (κ3) is 7.82. The molecule has 1 aromatic heterocycles. The van der Waals surface area contributed by atoms with Crippen molar-refractivity contribution < 1.29 is 27.8 Å². The minimum Gasteiger partial charge on any atom is -0.475 e. The van der Waals surface area contributed by atoms with Crippen molar-refractivity contribution in [2.75, 3.05) is 31.1 Å². The number of nitrogens with zero attached hydrogens (tertiary/aromatic N) is 4. The average molecular weight is 525 g/mol. The summed E-state index contributed by atoms with van der Waals surface area (Å²) in [6.07, 6.45) is 0.0700. The van der Waals surface area contributed by atoms with Crippen molar-refractivity contribution in [3.63, 3.8) is 0 Å². The number of hydrogen-bond acceptors (Lipinski definition) is 6. The van der Waals surface area contributed by atoms with E-state index in [1.807, 2.05) is 24.3 Å². The molecule has 0 bridgehead atoms. The summed E-state index contributed by atoms with van der Waals surface area (Å²) >= 11 is 6.04. The fourth-order valence-corrected chi connectivity index (χ4v) is 4.58. The Bertz CT molecular complexity index is 1040. The molecule has 3 heterocycles. The molecule has 2 atom stereocenters. The number of hydrogen-bond donors (Lipinski definition) is 1. The number of benzene rings is 1. The van der Waals surface area contributed by atoms with Crippen LogP contribution in [0, 0.1) is 11.3 Å². The summed E-state index contributed by atoms with van der Waals surface area (Å²) in [5.41, 5.74) is 1.91. The van der Waals surface area contributed by atoms with Crippen LogP contribution in [-0.2, 0) is 16.0 Å². The van der Waals surface area contributed by atoms with E-state index in [-0.39, 0.29) is 6.10 Å². The van der Waals surface area contributed by atoms with Gasteiger partial charge in [-0.15, -0.1) is 0 Å². The van der Waals surface area contributed by atoms with Gasteiger partial charge in [0.25, 0.3) is 0 Å². The summed E-state index contributed by atoms with van der Waals surface area (Å²) in [6.45, 7) is 5.91. The lowest BCUT2D eigenvalue weighted by Gasteiger charge is -2.46. The molecular formula is C25H28ClF3N4O3. The molecule has 2 aliphatic heterocycles. The average Bonchev–Trinajstić information content (AvgIpc) is 2.86. The number of anilines is 1. The number of nitriles is 1. The van der Waals surface area contributed by atoms with E-state index in [1.54, 1.807) is 6.20 Å². The quantitative estimate of drug-likeness (QED) is 0.628. The molecule has 0 saturated carbocycles. The van der Waals surface area contributed by atoms with Crippen molar-refractivity contribution in [2.45, 2.75) is 50.6 Å². The van der Waals surface area contributed by atoms with Crippen LogP contribution in [0.1, 0.15) is 30.9 Å². The normalized spacial score (nSPS) is 21.3. The van der Waals surface area contributed by atoms with Crippen LogP contribution < -0.4 is 4.90 Å². The van der Waals surface area contributed by atoms with E-state index in [0.29, 0.717) is 17.6 Å². The monoisotopic (exact) mass is 524 g/mol. The molecule has 1 N–H and O–H groups in total. The standard InChI is InChI=1S/C23H27ClN4O.C2HF3O2/c1-17-15-28(22(16-29-17)12-18-2-5-20(24)6-3-18)21-8-10-27(11-9-21)23-7-4-19(13-25)14-26-23;3-2(4,5)1(6)7/h2-7,14,17,21-22H,8-12,15-16H2,1H3;(H,6,7)/t17-,22-;/m0./s1. The van der Waals surface area contributed by atoms with Gasteiger partial charge in [-0.2, -0.15) is 18.4 Å². The van der Waals surface area contributed by atoms with E-state index in [0.717, 1.165) is 56.3 Å². The Morgan fingerprint density at radius 3 is 2.39 bits per heavy atom. The highest BCUT2D eigenvalue weighted by molar-refractivity contribution is 6.30. The van der Waals surface area contributed by atoms with Crippen LogP contribution in [0.4, 0.5) is 19.0 Å². The van der Waals surface area contributed by atoms with Crippen LogP contribution in [0.25, 0.3) is 0 Å². The molecule has 7 nitrogen and oxygen atoms in total. The van der Waals surface area contributed by atoms with E-state index < -0.39 is 12.1 Å². The van der Waals surface area contributed by atoms with Gasteiger partial charge in [-0.05, 0) is 56.0 Å². The van der Waals surface area contributed by atoms with E-state index in [1.165, 1.54) is 5.56 Å². The molecule has 0 spiro atoms. The minimum absolute atomic E-state index is 0.273. The first-order valence-corrected chi connectivity index (χ1v) is 12.0. The van der Waals surface area contributed by atoms with Crippen molar-refractivity contribution in [1.29, 1.82) is 5.26 Å². The van der Waals surface area contributed by atoms with E-state index in [9.17, 15) is 13.2 Å². The number of piperidine rings is 1. The summed E-state index contributed by atoms with van der Waals surface area (Å²) in [6, 6.07) is 15.1. The smallest absolute Gasteiger partial charge is 0.475 e. The first-order chi connectivity index (χ1) is 17.1. The van der Waals surface area contributed by atoms with Gasteiger partial charge in [0.1, 0.15) is 11.9 Å². The van der Waals surface area contributed by atoms with Crippen LogP contribution in [-0.4, -0.2) is 71.6 Å². The molecule has 194 valence electrons. The Morgan fingerprint density at radius 2 is 1.86 bits per heavy atom. The predicted molar refractivity (Wildman–Crippen MR) is 129 cm³/mol. The first kappa shape index (κ1) is 27.7. The number of pyridine rings is 1. The summed E-state index contributed by atoms with van der Waals surface area (Å²) in [5.74, 6) is -1.79. The maximum absolute atomic E-state index is 10.6. The summed E-state index contributed by atoms with van der Waals surface area (Å²) in [4.78, 5) is 18.4. The molecule has 11 heteroatoms. The number of carboxylic acids is 1. The fraction of sp³-hybridized carbons (Fsp3) is 0.480. The Kier molecular flexibility index (Phi) is 9.54. The SMILES string of the molecule is C[C@H]1CN(C2CCN(c3ccc(C#N)cn3)CC2)[C@@H](Cc2ccc(Cl)cc2)CO1.O=C(O)C(F)(F)F. The molecule has 2 saturated heterocycles. The molecular weight excluding hydrogens is 497 g/mol. The number of aliphatic carboxylic acids is 1. The van der Waals surface area contributed by atoms with Crippen LogP contribution in [0.5, 0.6) is 0 Å². The van der Waals surface area contributed by atoms with Crippen molar-refractivity contribution in [2.24, 2.45) is 0 Å². The van der Waals surface area contributed by atoms with Crippen LogP contribution in [0.3, 0.4) is 0 Å². The van der Waals surface area contributed by atoms with Gasteiger partial charge in [-0.3, -0.25) is 4.90 Å². The van der Waals surface area contributed by atoms with Gasteiger partial charge in [0.2, 0.25) is 0 Å². The van der Waals surface area contributed by atoms with Gasteiger partial charge in [-0.1, -0.05) is 23.7 Å². The third-order valence-corrected chi connectivity index (χ3v) is 6.52. The van der Waals surface area contributed by atoms with Crippen LogP contribution in [0.2, 0.25) is 5.02 Å². The van der Waals surface area contributed by atoms with Gasteiger partial charge < -0.3 is 14.7 Å². The molecule has 0 radical (unpaired) electrons. The lowest BCUT2D eigenvalue weighted by Crippen LogP contribution is -2.56. The van der Waals surface area contributed by atoms with Crippen molar-refractivity contribution in [3.05, 3.63) is 58.7 Å². The number of alkyl halides is 3. The van der Waals surface area contributed by atoms with Gasteiger partial charge in [-0.25, -0.2) is 9.78 Å². The zero-order valence-corrected chi connectivity index (χ0v) is 20.5. The second-order valence-electron chi connectivity index (χ2n) is 8.86.